The molecule has 0 fully saturated rings. The van der Waals surface area contributed by atoms with E-state index >= 15 is 0 Å². The maximum atomic E-state index is 6.04. The van der Waals surface area contributed by atoms with Gasteiger partial charge in [0.2, 0.25) is 0 Å². The summed E-state index contributed by atoms with van der Waals surface area (Å²) < 4.78 is 5.47. The fourth-order valence-electron chi connectivity index (χ4n) is 2.15. The van der Waals surface area contributed by atoms with Gasteiger partial charge in [-0.1, -0.05) is 24.6 Å². The molecule has 0 amide bonds. The van der Waals surface area contributed by atoms with Gasteiger partial charge >= 0.3 is 0 Å². The quantitative estimate of drug-likeness (QED) is 0.882. The summed E-state index contributed by atoms with van der Waals surface area (Å²) in [5, 5.41) is 6.34. The van der Waals surface area contributed by atoms with Gasteiger partial charge in [-0.15, -0.1) is 11.3 Å². The molecule has 1 N–H and O–H groups in total. The van der Waals surface area contributed by atoms with Crippen molar-refractivity contribution in [3.8, 4) is 5.75 Å². The molecule has 0 aliphatic carbocycles. The average Bonchev–Trinajstić information content (AvgIpc) is 2.82. The van der Waals surface area contributed by atoms with Gasteiger partial charge in [0, 0.05) is 15.5 Å². The summed E-state index contributed by atoms with van der Waals surface area (Å²) in [7, 11) is 1.68. The lowest BCUT2D eigenvalue weighted by Gasteiger charge is -2.21. The number of hydrogen-bond donors (Lipinski definition) is 1. The Bertz CT molecular complexity index is 553. The van der Waals surface area contributed by atoms with E-state index in [4.69, 9.17) is 16.3 Å². The minimum atomic E-state index is 0.150. The Kier molecular flexibility index (Phi) is 4.86. The van der Waals surface area contributed by atoms with Crippen molar-refractivity contribution in [1.29, 1.82) is 0 Å². The van der Waals surface area contributed by atoms with Gasteiger partial charge in [-0.05, 0) is 42.6 Å². The van der Waals surface area contributed by atoms with E-state index in [0.717, 1.165) is 17.9 Å². The molecule has 1 atom stereocenters. The van der Waals surface area contributed by atoms with Gasteiger partial charge in [-0.3, -0.25) is 0 Å². The molecule has 0 aliphatic rings. The highest BCUT2D eigenvalue weighted by molar-refractivity contribution is 7.10. The summed E-state index contributed by atoms with van der Waals surface area (Å²) >= 11 is 7.80. The van der Waals surface area contributed by atoms with E-state index in [1.807, 2.05) is 18.2 Å². The lowest BCUT2D eigenvalue weighted by Crippen LogP contribution is -2.22. The smallest absolute Gasteiger partial charge is 0.125 e. The zero-order valence-electron chi connectivity index (χ0n) is 11.4. The van der Waals surface area contributed by atoms with Gasteiger partial charge in [0.15, 0.2) is 0 Å². The first-order chi connectivity index (χ1) is 9.17. The number of ether oxygens (including phenoxy) is 1. The summed E-state index contributed by atoms with van der Waals surface area (Å²) in [4.78, 5) is 1.32. The van der Waals surface area contributed by atoms with E-state index in [2.05, 4.69) is 30.6 Å². The van der Waals surface area contributed by atoms with Crippen molar-refractivity contribution in [1.82, 2.24) is 5.32 Å². The van der Waals surface area contributed by atoms with Crippen LogP contribution in [0.15, 0.2) is 29.6 Å². The summed E-state index contributed by atoms with van der Waals surface area (Å²) in [5.74, 6) is 0.825. The maximum absolute atomic E-state index is 6.04. The second-order valence-corrected chi connectivity index (χ2v) is 5.73. The minimum absolute atomic E-state index is 0.150. The van der Waals surface area contributed by atoms with Crippen LogP contribution >= 0.6 is 22.9 Å². The summed E-state index contributed by atoms with van der Waals surface area (Å²) in [6.45, 7) is 5.14. The number of benzene rings is 1. The number of hydrogen-bond acceptors (Lipinski definition) is 3. The van der Waals surface area contributed by atoms with Crippen LogP contribution in [0.1, 0.15) is 29.0 Å². The second-order valence-electron chi connectivity index (χ2n) is 4.34. The topological polar surface area (TPSA) is 21.3 Å². The largest absolute Gasteiger partial charge is 0.496 e. The number of aryl methyl sites for hydroxylation is 1. The Hall–Kier alpha value is -1.03. The minimum Gasteiger partial charge on any atom is -0.496 e. The fourth-order valence-corrected chi connectivity index (χ4v) is 3.33. The van der Waals surface area contributed by atoms with E-state index in [0.29, 0.717) is 5.02 Å². The molecular weight excluding hydrogens is 278 g/mol. The standard InChI is InChI=1S/C15H18ClNOS/c1-4-17-14(15-10(2)7-8-19-15)12-6-5-11(16)9-13(12)18-3/h5-9,14,17H,4H2,1-3H3. The third kappa shape index (κ3) is 3.11. The summed E-state index contributed by atoms with van der Waals surface area (Å²) in [5.41, 5.74) is 2.42. The molecule has 102 valence electrons. The Morgan fingerprint density at radius 1 is 1.37 bits per heavy atom. The van der Waals surface area contributed by atoms with E-state index in [1.165, 1.54) is 10.4 Å². The molecule has 0 saturated carbocycles. The van der Waals surface area contributed by atoms with Crippen molar-refractivity contribution < 1.29 is 4.74 Å². The zero-order valence-corrected chi connectivity index (χ0v) is 12.9. The van der Waals surface area contributed by atoms with Crippen LogP contribution in [0.4, 0.5) is 0 Å². The molecule has 2 rings (SSSR count). The van der Waals surface area contributed by atoms with E-state index in [1.54, 1.807) is 18.4 Å². The number of nitrogens with one attached hydrogen (secondary N) is 1. The number of halogens is 1. The Morgan fingerprint density at radius 3 is 2.74 bits per heavy atom. The first-order valence-electron chi connectivity index (χ1n) is 6.28. The molecule has 1 aromatic carbocycles. The number of methoxy groups -OCH3 is 1. The van der Waals surface area contributed by atoms with Crippen molar-refractivity contribution in [2.75, 3.05) is 13.7 Å². The van der Waals surface area contributed by atoms with E-state index in [-0.39, 0.29) is 6.04 Å². The van der Waals surface area contributed by atoms with Crippen LogP contribution < -0.4 is 10.1 Å². The van der Waals surface area contributed by atoms with Crippen LogP contribution in [0.3, 0.4) is 0 Å². The second kappa shape index (κ2) is 6.42. The Labute approximate surface area is 123 Å². The van der Waals surface area contributed by atoms with Crippen molar-refractivity contribution in [3.63, 3.8) is 0 Å². The van der Waals surface area contributed by atoms with Crippen LogP contribution in [-0.2, 0) is 0 Å². The molecule has 19 heavy (non-hydrogen) atoms. The molecule has 1 aromatic heterocycles. The highest BCUT2D eigenvalue weighted by Gasteiger charge is 2.20. The van der Waals surface area contributed by atoms with Crippen molar-refractivity contribution in [2.24, 2.45) is 0 Å². The molecule has 0 spiro atoms. The predicted molar refractivity (Wildman–Crippen MR) is 82.6 cm³/mol. The lowest BCUT2D eigenvalue weighted by molar-refractivity contribution is 0.404. The van der Waals surface area contributed by atoms with Crippen LogP contribution in [0, 0.1) is 6.92 Å². The normalized spacial score (nSPS) is 12.4. The van der Waals surface area contributed by atoms with Crippen molar-refractivity contribution in [2.45, 2.75) is 19.9 Å². The average molecular weight is 296 g/mol. The lowest BCUT2D eigenvalue weighted by atomic mass is 10.0. The van der Waals surface area contributed by atoms with Crippen molar-refractivity contribution in [3.05, 3.63) is 50.7 Å². The SMILES string of the molecule is CCNC(c1ccc(Cl)cc1OC)c1sccc1C. The predicted octanol–water partition coefficient (Wildman–Crippen LogP) is 4.42. The highest BCUT2D eigenvalue weighted by atomic mass is 35.5. The monoisotopic (exact) mass is 295 g/mol. The zero-order chi connectivity index (χ0) is 13.8. The molecule has 4 heteroatoms. The Balaban J connectivity index is 2.48. The van der Waals surface area contributed by atoms with Crippen LogP contribution in [0.5, 0.6) is 5.75 Å². The van der Waals surface area contributed by atoms with Gasteiger partial charge in [-0.25, -0.2) is 0 Å². The molecular formula is C15H18ClNOS. The number of rotatable bonds is 5. The highest BCUT2D eigenvalue weighted by Crippen LogP contribution is 2.35. The maximum Gasteiger partial charge on any atom is 0.125 e. The van der Waals surface area contributed by atoms with Crippen LogP contribution in [0.2, 0.25) is 5.02 Å². The number of thiophene rings is 1. The molecule has 0 radical (unpaired) electrons. The van der Waals surface area contributed by atoms with Gasteiger partial charge in [0.05, 0.1) is 13.2 Å². The molecule has 1 heterocycles. The van der Waals surface area contributed by atoms with Gasteiger partial charge in [-0.2, -0.15) is 0 Å². The summed E-state index contributed by atoms with van der Waals surface area (Å²) in [6, 6.07) is 8.11. The molecule has 1 unspecified atom stereocenters. The van der Waals surface area contributed by atoms with E-state index in [9.17, 15) is 0 Å². The third-order valence-corrected chi connectivity index (χ3v) is 4.40. The van der Waals surface area contributed by atoms with Gasteiger partial charge in [0.1, 0.15) is 5.75 Å². The van der Waals surface area contributed by atoms with Gasteiger partial charge < -0.3 is 10.1 Å². The fraction of sp³-hybridized carbons (Fsp3) is 0.333. The Morgan fingerprint density at radius 2 is 2.16 bits per heavy atom. The third-order valence-electron chi connectivity index (χ3n) is 3.08. The van der Waals surface area contributed by atoms with Crippen LogP contribution in [0.25, 0.3) is 0 Å². The van der Waals surface area contributed by atoms with Gasteiger partial charge in [0.25, 0.3) is 0 Å². The first kappa shape index (κ1) is 14.4. The summed E-state index contributed by atoms with van der Waals surface area (Å²) in [6.07, 6.45) is 0. The molecule has 2 nitrogen and oxygen atoms in total. The molecule has 0 saturated heterocycles. The molecule has 2 aromatic rings. The molecule has 0 bridgehead atoms. The van der Waals surface area contributed by atoms with E-state index < -0.39 is 0 Å². The first-order valence-corrected chi connectivity index (χ1v) is 7.54. The molecule has 0 aliphatic heterocycles. The van der Waals surface area contributed by atoms with Crippen molar-refractivity contribution >= 4 is 22.9 Å². The van der Waals surface area contributed by atoms with Crippen LogP contribution in [-0.4, -0.2) is 13.7 Å².